The van der Waals surface area contributed by atoms with E-state index in [0.717, 1.165) is 56.5 Å². The van der Waals surface area contributed by atoms with Gasteiger partial charge in [-0.3, -0.25) is 9.98 Å². The standard InChI is InChI=1S/C24H33N5O/c1-17-13-19(16-29(15-17)24(30)27-20-8-11-28(3)12-9-20)21-7-6-18(14-25-2)23-22(21)5-4-10-26-23/h4-7,10,14,17,19-20H,8-9,11-13,15-16H2,1-3H3,(H,27,30). The van der Waals surface area contributed by atoms with Crippen LogP contribution in [0.2, 0.25) is 0 Å². The number of nitrogens with one attached hydrogen (secondary N) is 1. The highest BCUT2D eigenvalue weighted by Crippen LogP contribution is 2.34. The third-order valence-corrected chi connectivity index (χ3v) is 6.54. The SMILES string of the molecule is CN=Cc1ccc(C2CC(C)CN(C(=O)NC3CCN(C)CC3)C2)c2cccnc12. The number of aromatic nitrogens is 1. The Morgan fingerprint density at radius 3 is 2.80 bits per heavy atom. The molecule has 2 saturated heterocycles. The highest BCUT2D eigenvalue weighted by molar-refractivity contribution is 5.99. The molecule has 1 aromatic heterocycles. The molecular weight excluding hydrogens is 374 g/mol. The number of benzene rings is 1. The average Bonchev–Trinajstić information content (AvgIpc) is 2.75. The van der Waals surface area contributed by atoms with Gasteiger partial charge in [0.15, 0.2) is 0 Å². The third-order valence-electron chi connectivity index (χ3n) is 6.54. The van der Waals surface area contributed by atoms with Crippen LogP contribution in [0.5, 0.6) is 0 Å². The molecule has 160 valence electrons. The van der Waals surface area contributed by atoms with E-state index in [-0.39, 0.29) is 6.03 Å². The number of hydrogen-bond acceptors (Lipinski definition) is 4. The second-order valence-electron chi connectivity index (χ2n) is 9.00. The second-order valence-corrected chi connectivity index (χ2v) is 9.00. The van der Waals surface area contributed by atoms with Crippen molar-refractivity contribution in [2.75, 3.05) is 40.3 Å². The molecule has 2 aliphatic heterocycles. The van der Waals surface area contributed by atoms with Crippen molar-refractivity contribution < 1.29 is 4.79 Å². The molecule has 2 aromatic rings. The lowest BCUT2D eigenvalue weighted by Crippen LogP contribution is -2.52. The number of urea groups is 1. The van der Waals surface area contributed by atoms with E-state index in [2.05, 4.69) is 52.4 Å². The molecule has 0 saturated carbocycles. The van der Waals surface area contributed by atoms with Gasteiger partial charge in [0, 0.05) is 55.5 Å². The number of carbonyl (C=O) groups is 1. The highest BCUT2D eigenvalue weighted by atomic mass is 16.2. The summed E-state index contributed by atoms with van der Waals surface area (Å²) in [5, 5.41) is 4.47. The predicted molar refractivity (Wildman–Crippen MR) is 122 cm³/mol. The number of pyridine rings is 1. The maximum atomic E-state index is 13.0. The molecule has 2 amide bonds. The Morgan fingerprint density at radius 1 is 1.23 bits per heavy atom. The summed E-state index contributed by atoms with van der Waals surface area (Å²) >= 11 is 0. The van der Waals surface area contributed by atoms with Crippen LogP contribution in [0.1, 0.15) is 43.2 Å². The minimum absolute atomic E-state index is 0.0956. The van der Waals surface area contributed by atoms with Crippen LogP contribution >= 0.6 is 0 Å². The summed E-state index contributed by atoms with van der Waals surface area (Å²) in [6.45, 7) is 5.94. The molecule has 6 heteroatoms. The summed E-state index contributed by atoms with van der Waals surface area (Å²) in [6.07, 6.45) is 6.86. The molecule has 30 heavy (non-hydrogen) atoms. The van der Waals surface area contributed by atoms with Crippen LogP contribution in [0.25, 0.3) is 10.9 Å². The van der Waals surface area contributed by atoms with Crippen molar-refractivity contribution in [3.05, 3.63) is 41.6 Å². The number of nitrogens with zero attached hydrogens (tertiary/aromatic N) is 4. The normalized spacial score (nSPS) is 23.9. The third kappa shape index (κ3) is 4.48. The monoisotopic (exact) mass is 407 g/mol. The van der Waals surface area contributed by atoms with Crippen molar-refractivity contribution in [3.63, 3.8) is 0 Å². The highest BCUT2D eigenvalue weighted by Gasteiger charge is 2.31. The Balaban J connectivity index is 1.54. The van der Waals surface area contributed by atoms with Crippen LogP contribution in [0.15, 0.2) is 35.5 Å². The number of hydrogen-bond donors (Lipinski definition) is 1. The van der Waals surface area contributed by atoms with Crippen molar-refractivity contribution >= 4 is 23.1 Å². The smallest absolute Gasteiger partial charge is 0.317 e. The van der Waals surface area contributed by atoms with Gasteiger partial charge in [-0.1, -0.05) is 25.1 Å². The Kier molecular flexibility index (Phi) is 6.32. The van der Waals surface area contributed by atoms with Gasteiger partial charge < -0.3 is 15.1 Å². The zero-order valence-corrected chi connectivity index (χ0v) is 18.3. The second kappa shape index (κ2) is 9.13. The van der Waals surface area contributed by atoms with Gasteiger partial charge in [0.25, 0.3) is 0 Å². The van der Waals surface area contributed by atoms with Crippen LogP contribution in [0, 0.1) is 5.92 Å². The van der Waals surface area contributed by atoms with E-state index in [1.807, 2.05) is 23.4 Å². The van der Waals surface area contributed by atoms with E-state index in [9.17, 15) is 4.79 Å². The van der Waals surface area contributed by atoms with E-state index >= 15 is 0 Å². The first-order valence-electron chi connectivity index (χ1n) is 11.1. The van der Waals surface area contributed by atoms with Crippen LogP contribution in [0.4, 0.5) is 4.79 Å². The number of rotatable bonds is 3. The minimum atomic E-state index is 0.0956. The van der Waals surface area contributed by atoms with Crippen molar-refractivity contribution in [1.82, 2.24) is 20.1 Å². The Hall–Kier alpha value is -2.47. The van der Waals surface area contributed by atoms with Crippen LogP contribution in [-0.4, -0.2) is 73.3 Å². The van der Waals surface area contributed by atoms with Gasteiger partial charge in [0.1, 0.15) is 0 Å². The van der Waals surface area contributed by atoms with E-state index in [1.165, 1.54) is 10.9 Å². The molecule has 2 aliphatic rings. The first-order valence-corrected chi connectivity index (χ1v) is 11.1. The lowest BCUT2D eigenvalue weighted by molar-refractivity contribution is 0.150. The zero-order valence-electron chi connectivity index (χ0n) is 18.3. The molecule has 1 aromatic carbocycles. The maximum absolute atomic E-state index is 13.0. The van der Waals surface area contributed by atoms with E-state index in [4.69, 9.17) is 0 Å². The van der Waals surface area contributed by atoms with Gasteiger partial charge in [-0.25, -0.2) is 4.79 Å². The fourth-order valence-electron chi connectivity index (χ4n) is 4.98. The van der Waals surface area contributed by atoms with E-state index < -0.39 is 0 Å². The summed E-state index contributed by atoms with van der Waals surface area (Å²) in [7, 11) is 3.93. The van der Waals surface area contributed by atoms with Crippen molar-refractivity contribution in [3.8, 4) is 0 Å². The van der Waals surface area contributed by atoms with Gasteiger partial charge >= 0.3 is 6.03 Å². The van der Waals surface area contributed by atoms with E-state index in [0.29, 0.717) is 17.9 Å². The number of fused-ring (bicyclic) bond motifs is 1. The summed E-state index contributed by atoms with van der Waals surface area (Å²) in [5.74, 6) is 0.784. The quantitative estimate of drug-likeness (QED) is 0.792. The minimum Gasteiger partial charge on any atom is -0.335 e. The number of aliphatic imine (C=N–C) groups is 1. The van der Waals surface area contributed by atoms with Crippen molar-refractivity contribution in [2.24, 2.45) is 10.9 Å². The molecule has 0 radical (unpaired) electrons. The summed E-state index contributed by atoms with van der Waals surface area (Å²) in [6, 6.07) is 8.85. The fraction of sp³-hybridized carbons (Fsp3) is 0.542. The summed E-state index contributed by atoms with van der Waals surface area (Å²) < 4.78 is 0. The predicted octanol–water partition coefficient (Wildman–Crippen LogP) is 3.51. The number of likely N-dealkylation sites (tertiary alicyclic amines) is 2. The Labute approximate surface area is 179 Å². The summed E-state index contributed by atoms with van der Waals surface area (Å²) in [5.41, 5.74) is 3.31. The lowest BCUT2D eigenvalue weighted by Gasteiger charge is -2.38. The number of carbonyl (C=O) groups excluding carboxylic acids is 1. The molecular formula is C24H33N5O. The Bertz CT molecular complexity index is 919. The van der Waals surface area contributed by atoms with Crippen molar-refractivity contribution in [2.45, 2.75) is 38.1 Å². The van der Waals surface area contributed by atoms with Crippen LogP contribution in [-0.2, 0) is 0 Å². The molecule has 1 N–H and O–H groups in total. The molecule has 4 rings (SSSR count). The topological polar surface area (TPSA) is 60.8 Å². The average molecular weight is 408 g/mol. The number of piperidine rings is 2. The number of amides is 2. The van der Waals surface area contributed by atoms with Crippen LogP contribution in [0.3, 0.4) is 0 Å². The van der Waals surface area contributed by atoms with E-state index in [1.54, 1.807) is 7.05 Å². The van der Waals surface area contributed by atoms with Gasteiger partial charge in [-0.05, 0) is 56.9 Å². The van der Waals surface area contributed by atoms with Gasteiger partial charge in [0.05, 0.1) is 5.52 Å². The molecule has 2 atom stereocenters. The zero-order chi connectivity index (χ0) is 21.1. The molecule has 0 aliphatic carbocycles. The Morgan fingerprint density at radius 2 is 2.03 bits per heavy atom. The van der Waals surface area contributed by atoms with Gasteiger partial charge in [-0.2, -0.15) is 0 Å². The first-order chi connectivity index (χ1) is 14.5. The van der Waals surface area contributed by atoms with Gasteiger partial charge in [-0.15, -0.1) is 0 Å². The lowest BCUT2D eigenvalue weighted by atomic mass is 9.83. The molecule has 0 spiro atoms. The molecule has 2 fully saturated rings. The molecule has 3 heterocycles. The molecule has 0 bridgehead atoms. The van der Waals surface area contributed by atoms with Crippen LogP contribution < -0.4 is 5.32 Å². The fourth-order valence-corrected chi connectivity index (χ4v) is 4.98. The summed E-state index contributed by atoms with van der Waals surface area (Å²) in [4.78, 5) is 26.2. The van der Waals surface area contributed by atoms with Crippen molar-refractivity contribution in [1.29, 1.82) is 0 Å². The van der Waals surface area contributed by atoms with Gasteiger partial charge in [0.2, 0.25) is 0 Å². The maximum Gasteiger partial charge on any atom is 0.317 e. The molecule has 2 unspecified atom stereocenters. The first kappa shape index (κ1) is 20.8. The molecule has 6 nitrogen and oxygen atoms in total. The largest absolute Gasteiger partial charge is 0.335 e.